The van der Waals surface area contributed by atoms with Gasteiger partial charge in [0.2, 0.25) is 5.91 Å². The molecular weight excluding hydrogens is 278 g/mol. The van der Waals surface area contributed by atoms with Gasteiger partial charge < -0.3 is 15.2 Å². The molecule has 1 aromatic rings. The Morgan fingerprint density at radius 2 is 2.00 bits per heavy atom. The second-order valence-electron chi connectivity index (χ2n) is 6.13. The third kappa shape index (κ3) is 4.26. The van der Waals surface area contributed by atoms with Crippen molar-refractivity contribution in [3.05, 3.63) is 34.9 Å². The summed E-state index contributed by atoms with van der Waals surface area (Å²) in [6.45, 7) is 4.32. The number of amides is 1. The molecule has 1 amide bonds. The molecule has 4 heteroatoms. The van der Waals surface area contributed by atoms with Crippen LogP contribution in [0.5, 0.6) is 11.5 Å². The van der Waals surface area contributed by atoms with E-state index in [1.807, 2.05) is 0 Å². The Morgan fingerprint density at radius 1 is 1.32 bits per heavy atom. The molecule has 1 aliphatic carbocycles. The third-order valence-corrected chi connectivity index (χ3v) is 4.27. The first-order chi connectivity index (χ1) is 10.5. The smallest absolute Gasteiger partial charge is 0.224 e. The average molecular weight is 303 g/mol. The fourth-order valence-electron chi connectivity index (χ4n) is 2.91. The lowest BCUT2D eigenvalue weighted by atomic mass is 9.88. The molecule has 0 unspecified atom stereocenters. The van der Waals surface area contributed by atoms with Gasteiger partial charge in [-0.2, -0.15) is 0 Å². The summed E-state index contributed by atoms with van der Waals surface area (Å²) in [5.41, 5.74) is 3.79. The van der Waals surface area contributed by atoms with Gasteiger partial charge in [-0.25, -0.2) is 0 Å². The maximum Gasteiger partial charge on any atom is 0.224 e. The number of methoxy groups -OCH3 is 1. The normalized spacial score (nSPS) is 18.0. The van der Waals surface area contributed by atoms with Crippen LogP contribution in [0.25, 0.3) is 0 Å². The fraction of sp³-hybridized carbons (Fsp3) is 0.500. The Morgan fingerprint density at radius 3 is 2.59 bits per heavy atom. The third-order valence-electron chi connectivity index (χ3n) is 4.27. The van der Waals surface area contributed by atoms with Crippen LogP contribution in [0.4, 0.5) is 0 Å². The highest BCUT2D eigenvalue weighted by Gasteiger charge is 2.19. The molecule has 1 saturated carbocycles. The zero-order valence-electron chi connectivity index (χ0n) is 13.6. The molecule has 2 N–H and O–H groups in total. The molecule has 1 fully saturated rings. The molecule has 120 valence electrons. The Bertz CT molecular complexity index is 564. The Balaban J connectivity index is 1.87. The Labute approximate surface area is 132 Å². The number of aromatic hydroxyl groups is 1. The first-order valence-electron chi connectivity index (χ1n) is 7.80. The van der Waals surface area contributed by atoms with Crippen LogP contribution in [-0.2, 0) is 11.2 Å². The predicted octanol–water partition coefficient (Wildman–Crippen LogP) is 3.34. The van der Waals surface area contributed by atoms with Gasteiger partial charge in [-0.3, -0.25) is 4.79 Å². The zero-order valence-corrected chi connectivity index (χ0v) is 13.6. The lowest BCUT2D eigenvalue weighted by Crippen LogP contribution is -2.37. The Hall–Kier alpha value is -1.97. The first kappa shape index (κ1) is 16.4. The lowest BCUT2D eigenvalue weighted by Gasteiger charge is -2.26. The molecule has 0 aliphatic heterocycles. The molecule has 22 heavy (non-hydrogen) atoms. The van der Waals surface area contributed by atoms with E-state index < -0.39 is 0 Å². The van der Waals surface area contributed by atoms with Crippen LogP contribution in [0.3, 0.4) is 0 Å². The van der Waals surface area contributed by atoms with Crippen molar-refractivity contribution in [3.8, 4) is 11.5 Å². The van der Waals surface area contributed by atoms with Crippen molar-refractivity contribution in [1.82, 2.24) is 5.32 Å². The van der Waals surface area contributed by atoms with Gasteiger partial charge in [-0.15, -0.1) is 0 Å². The van der Waals surface area contributed by atoms with Gasteiger partial charge in [0.1, 0.15) is 0 Å². The first-order valence-corrected chi connectivity index (χ1v) is 7.80. The molecule has 2 rings (SSSR count). The van der Waals surface area contributed by atoms with Gasteiger partial charge in [0.25, 0.3) is 0 Å². The number of allylic oxidation sites excluding steroid dienone is 2. The lowest BCUT2D eigenvalue weighted by molar-refractivity contribution is -0.121. The van der Waals surface area contributed by atoms with Gasteiger partial charge >= 0.3 is 0 Å². The van der Waals surface area contributed by atoms with E-state index in [2.05, 4.69) is 19.2 Å². The number of nitrogens with one attached hydrogen (secondary N) is 1. The summed E-state index contributed by atoms with van der Waals surface area (Å²) in [6, 6.07) is 5.29. The summed E-state index contributed by atoms with van der Waals surface area (Å²) >= 11 is 0. The van der Waals surface area contributed by atoms with Crippen LogP contribution in [0.2, 0.25) is 0 Å². The molecule has 0 spiro atoms. The largest absolute Gasteiger partial charge is 0.504 e. The second-order valence-corrected chi connectivity index (χ2v) is 6.13. The van der Waals surface area contributed by atoms with E-state index in [9.17, 15) is 9.90 Å². The second kappa shape index (κ2) is 7.34. The molecule has 0 aromatic heterocycles. The van der Waals surface area contributed by atoms with Crippen LogP contribution in [0.15, 0.2) is 29.3 Å². The molecule has 0 heterocycles. The quantitative estimate of drug-likeness (QED) is 0.839. The number of hydrogen-bond donors (Lipinski definition) is 2. The zero-order chi connectivity index (χ0) is 16.1. The van der Waals surface area contributed by atoms with E-state index in [-0.39, 0.29) is 17.7 Å². The molecule has 1 aromatic carbocycles. The van der Waals surface area contributed by atoms with Crippen molar-refractivity contribution in [3.63, 3.8) is 0 Å². The van der Waals surface area contributed by atoms with Gasteiger partial charge in [0, 0.05) is 6.04 Å². The van der Waals surface area contributed by atoms with Crippen LogP contribution in [0, 0.1) is 0 Å². The summed E-state index contributed by atoms with van der Waals surface area (Å²) in [5, 5.41) is 12.7. The van der Waals surface area contributed by atoms with Crippen LogP contribution in [-0.4, -0.2) is 24.2 Å². The van der Waals surface area contributed by atoms with Gasteiger partial charge in [0.15, 0.2) is 11.5 Å². The highest BCUT2D eigenvalue weighted by Crippen LogP contribution is 2.27. The van der Waals surface area contributed by atoms with Crippen LogP contribution in [0.1, 0.15) is 45.1 Å². The summed E-state index contributed by atoms with van der Waals surface area (Å²) in [7, 11) is 1.50. The molecule has 0 atom stereocenters. The van der Waals surface area contributed by atoms with Crippen molar-refractivity contribution in [2.45, 2.75) is 52.0 Å². The number of benzene rings is 1. The number of phenols is 1. The van der Waals surface area contributed by atoms with Crippen LogP contribution >= 0.6 is 0 Å². The van der Waals surface area contributed by atoms with Crippen LogP contribution < -0.4 is 10.1 Å². The molecule has 0 bridgehead atoms. The maximum atomic E-state index is 12.2. The molecular formula is C18H25NO3. The number of hydrogen-bond acceptors (Lipinski definition) is 3. The highest BCUT2D eigenvalue weighted by molar-refractivity contribution is 5.79. The number of phenolic OH excluding ortho intramolecular Hbond substituents is 1. The Kier molecular flexibility index (Phi) is 5.47. The topological polar surface area (TPSA) is 58.6 Å². The maximum absolute atomic E-state index is 12.2. The van der Waals surface area contributed by atoms with Crippen molar-refractivity contribution in [2.24, 2.45) is 0 Å². The molecule has 0 saturated heterocycles. The number of rotatable bonds is 4. The minimum atomic E-state index is 0.0263. The van der Waals surface area contributed by atoms with E-state index in [0.717, 1.165) is 31.2 Å². The van der Waals surface area contributed by atoms with E-state index in [0.29, 0.717) is 12.2 Å². The van der Waals surface area contributed by atoms with E-state index >= 15 is 0 Å². The minimum Gasteiger partial charge on any atom is -0.504 e. The molecule has 1 aliphatic rings. The van der Waals surface area contributed by atoms with E-state index in [1.165, 1.54) is 18.3 Å². The van der Waals surface area contributed by atoms with Crippen molar-refractivity contribution in [1.29, 1.82) is 0 Å². The molecule has 4 nitrogen and oxygen atoms in total. The van der Waals surface area contributed by atoms with E-state index in [1.54, 1.807) is 18.2 Å². The molecule has 0 radical (unpaired) electrons. The fourth-order valence-corrected chi connectivity index (χ4v) is 2.91. The standard InChI is InChI=1S/C18H25NO3/c1-12(2)14-5-7-15(8-6-14)19-18(21)11-13-4-9-16(20)17(10-13)22-3/h4,9-10,15,20H,5-8,11H2,1-3H3,(H,19,21). The number of ether oxygens (including phenoxy) is 1. The van der Waals surface area contributed by atoms with Crippen molar-refractivity contribution in [2.75, 3.05) is 7.11 Å². The highest BCUT2D eigenvalue weighted by atomic mass is 16.5. The predicted molar refractivity (Wildman–Crippen MR) is 87.1 cm³/mol. The summed E-state index contributed by atoms with van der Waals surface area (Å²) in [6.07, 6.45) is 4.51. The van der Waals surface area contributed by atoms with Gasteiger partial charge in [0.05, 0.1) is 13.5 Å². The summed E-state index contributed by atoms with van der Waals surface area (Å²) in [4.78, 5) is 12.2. The number of carbonyl (C=O) groups is 1. The van der Waals surface area contributed by atoms with Gasteiger partial charge in [-0.05, 0) is 57.2 Å². The van der Waals surface area contributed by atoms with Crippen molar-refractivity contribution < 1.29 is 14.6 Å². The van der Waals surface area contributed by atoms with Crippen molar-refractivity contribution >= 4 is 5.91 Å². The average Bonchev–Trinajstić information content (AvgIpc) is 2.49. The SMILES string of the molecule is COc1cc(CC(=O)NC2CCC(=C(C)C)CC2)ccc1O. The van der Waals surface area contributed by atoms with E-state index in [4.69, 9.17) is 4.74 Å². The minimum absolute atomic E-state index is 0.0263. The monoisotopic (exact) mass is 303 g/mol. The van der Waals surface area contributed by atoms with Gasteiger partial charge in [-0.1, -0.05) is 17.2 Å². The summed E-state index contributed by atoms with van der Waals surface area (Å²) in [5.74, 6) is 0.516. The number of carbonyl (C=O) groups excluding carboxylic acids is 1. The summed E-state index contributed by atoms with van der Waals surface area (Å²) < 4.78 is 5.06.